The van der Waals surface area contributed by atoms with Gasteiger partial charge in [-0.15, -0.1) is 11.6 Å². The van der Waals surface area contributed by atoms with E-state index in [1.165, 1.54) is 5.56 Å². The average molecular weight is 331 g/mol. The van der Waals surface area contributed by atoms with Crippen molar-refractivity contribution in [2.24, 2.45) is 0 Å². The summed E-state index contributed by atoms with van der Waals surface area (Å²) in [7, 11) is -2.60. The van der Waals surface area contributed by atoms with Crippen LogP contribution in [-0.2, 0) is 19.7 Å². The summed E-state index contributed by atoms with van der Waals surface area (Å²) in [5, 5.41) is 0.106. The lowest BCUT2D eigenvalue weighted by atomic mass is 10.2. The highest BCUT2D eigenvalue weighted by molar-refractivity contribution is 6.60. The van der Waals surface area contributed by atoms with Gasteiger partial charge in [-0.25, -0.2) is 0 Å². The maximum atomic E-state index is 6.05. The summed E-state index contributed by atoms with van der Waals surface area (Å²) >= 11 is 5.99. The Morgan fingerprint density at radius 2 is 1.67 bits per heavy atom. The van der Waals surface area contributed by atoms with Crippen LogP contribution in [0.25, 0.3) is 0 Å². The molecular formula is C16H27ClO3Si. The average Bonchev–Trinajstić information content (AvgIpc) is 2.46. The molecule has 0 aliphatic carbocycles. The first-order chi connectivity index (χ1) is 10.1. The van der Waals surface area contributed by atoms with Gasteiger partial charge in [-0.2, -0.15) is 0 Å². The third kappa shape index (κ3) is 7.43. The maximum Gasteiger partial charge on any atom is 0.501 e. The molecule has 0 aromatic heterocycles. The monoisotopic (exact) mass is 330 g/mol. The van der Waals surface area contributed by atoms with Crippen molar-refractivity contribution in [2.45, 2.75) is 45.0 Å². The van der Waals surface area contributed by atoms with Crippen LogP contribution >= 0.6 is 11.6 Å². The largest absolute Gasteiger partial charge is 0.501 e. The Morgan fingerprint density at radius 1 is 1.05 bits per heavy atom. The van der Waals surface area contributed by atoms with E-state index in [9.17, 15) is 0 Å². The topological polar surface area (TPSA) is 27.7 Å². The number of rotatable bonds is 11. The Kier molecular flexibility index (Phi) is 9.20. The molecule has 1 rings (SSSR count). The van der Waals surface area contributed by atoms with Crippen molar-refractivity contribution in [1.29, 1.82) is 0 Å². The van der Waals surface area contributed by atoms with Gasteiger partial charge in [-0.3, -0.25) is 0 Å². The Labute approximate surface area is 134 Å². The summed E-state index contributed by atoms with van der Waals surface area (Å²) in [6.07, 6.45) is 1.71. The van der Waals surface area contributed by atoms with Gasteiger partial charge < -0.3 is 13.3 Å². The van der Waals surface area contributed by atoms with Crippen LogP contribution in [0, 0.1) is 0 Å². The van der Waals surface area contributed by atoms with Crippen molar-refractivity contribution >= 4 is 20.4 Å². The zero-order chi connectivity index (χ0) is 15.6. The van der Waals surface area contributed by atoms with E-state index in [2.05, 4.69) is 24.3 Å². The third-order valence-corrected chi connectivity index (χ3v) is 6.31. The lowest BCUT2D eigenvalue weighted by Gasteiger charge is -2.29. The van der Waals surface area contributed by atoms with Gasteiger partial charge in [0.2, 0.25) is 0 Å². The molecule has 0 saturated heterocycles. The molecule has 0 bridgehead atoms. The molecule has 1 aromatic carbocycles. The second kappa shape index (κ2) is 10.4. The Balaban J connectivity index is 2.64. The number of alkyl halides is 1. The normalized spacial score (nSPS) is 13.3. The Bertz CT molecular complexity index is 367. The molecule has 3 nitrogen and oxygen atoms in total. The fraction of sp³-hybridized carbons (Fsp3) is 0.625. The Morgan fingerprint density at radius 3 is 2.19 bits per heavy atom. The minimum atomic E-state index is -2.60. The molecule has 0 fully saturated rings. The van der Waals surface area contributed by atoms with Gasteiger partial charge in [0, 0.05) is 31.2 Å². The smallest absolute Gasteiger partial charge is 0.374 e. The molecular weight excluding hydrogens is 304 g/mol. The molecule has 5 heteroatoms. The van der Waals surface area contributed by atoms with Crippen molar-refractivity contribution < 1.29 is 13.3 Å². The van der Waals surface area contributed by atoms with Crippen molar-refractivity contribution in [2.75, 3.05) is 19.8 Å². The first kappa shape index (κ1) is 18.7. The van der Waals surface area contributed by atoms with Crippen LogP contribution in [0.5, 0.6) is 0 Å². The van der Waals surface area contributed by atoms with Crippen molar-refractivity contribution in [3.8, 4) is 0 Å². The summed E-state index contributed by atoms with van der Waals surface area (Å²) in [5.41, 5.74) is 1.28. The minimum absolute atomic E-state index is 0.106. The van der Waals surface area contributed by atoms with Gasteiger partial charge in [0.25, 0.3) is 0 Å². The second-order valence-electron chi connectivity index (χ2n) is 4.95. The standard InChI is InChI=1S/C16H27ClO3Si/c1-4-18-21(19-5-2,20-13-11-15(3)17)14-12-16-9-7-6-8-10-16/h6-10,15H,4-5,11-14H2,1-3H3. The van der Waals surface area contributed by atoms with Gasteiger partial charge in [-0.1, -0.05) is 30.3 Å². The predicted octanol–water partition coefficient (Wildman–Crippen LogP) is 4.28. The fourth-order valence-corrected chi connectivity index (χ4v) is 4.78. The summed E-state index contributed by atoms with van der Waals surface area (Å²) < 4.78 is 17.9. The predicted molar refractivity (Wildman–Crippen MR) is 89.8 cm³/mol. The maximum absolute atomic E-state index is 6.05. The highest BCUT2D eigenvalue weighted by Crippen LogP contribution is 2.20. The molecule has 0 aliphatic heterocycles. The van der Waals surface area contributed by atoms with E-state index in [0.717, 1.165) is 18.9 Å². The quantitative estimate of drug-likeness (QED) is 0.448. The SMILES string of the molecule is CCO[Si](CCc1ccccc1)(OCC)OCCC(C)Cl. The van der Waals surface area contributed by atoms with E-state index in [4.69, 9.17) is 24.9 Å². The molecule has 1 aromatic rings. The summed E-state index contributed by atoms with van der Waals surface area (Å²) in [6.45, 7) is 7.74. The summed E-state index contributed by atoms with van der Waals surface area (Å²) in [4.78, 5) is 0. The summed E-state index contributed by atoms with van der Waals surface area (Å²) in [6, 6.07) is 11.2. The highest BCUT2D eigenvalue weighted by Gasteiger charge is 2.40. The zero-order valence-electron chi connectivity index (χ0n) is 13.3. The molecule has 120 valence electrons. The van der Waals surface area contributed by atoms with Crippen LogP contribution in [0.2, 0.25) is 6.04 Å². The molecule has 21 heavy (non-hydrogen) atoms. The molecule has 0 amide bonds. The minimum Gasteiger partial charge on any atom is -0.374 e. The molecule has 0 radical (unpaired) electrons. The molecule has 1 atom stereocenters. The van der Waals surface area contributed by atoms with Gasteiger partial charge in [0.05, 0.1) is 0 Å². The number of benzene rings is 1. The van der Waals surface area contributed by atoms with Crippen molar-refractivity contribution in [1.82, 2.24) is 0 Å². The van der Waals surface area contributed by atoms with Crippen LogP contribution < -0.4 is 0 Å². The number of hydrogen-bond donors (Lipinski definition) is 0. The van der Waals surface area contributed by atoms with Crippen molar-refractivity contribution in [3.05, 3.63) is 35.9 Å². The molecule has 1 unspecified atom stereocenters. The van der Waals surface area contributed by atoms with Crippen LogP contribution in [0.15, 0.2) is 30.3 Å². The molecule has 0 N–H and O–H groups in total. The van der Waals surface area contributed by atoms with E-state index >= 15 is 0 Å². The molecule has 0 spiro atoms. The summed E-state index contributed by atoms with van der Waals surface area (Å²) in [5.74, 6) is 0. The third-order valence-electron chi connectivity index (χ3n) is 3.13. The van der Waals surface area contributed by atoms with Crippen molar-refractivity contribution in [3.63, 3.8) is 0 Å². The van der Waals surface area contributed by atoms with Crippen LogP contribution in [0.1, 0.15) is 32.8 Å². The van der Waals surface area contributed by atoms with Gasteiger partial charge in [-0.05, 0) is 39.2 Å². The van der Waals surface area contributed by atoms with Gasteiger partial charge in [0.1, 0.15) is 0 Å². The van der Waals surface area contributed by atoms with Crippen LogP contribution in [0.4, 0.5) is 0 Å². The zero-order valence-corrected chi connectivity index (χ0v) is 15.1. The molecule has 0 saturated carbocycles. The number of hydrogen-bond acceptors (Lipinski definition) is 3. The number of aryl methyl sites for hydroxylation is 1. The lowest BCUT2D eigenvalue weighted by molar-refractivity contribution is 0.0663. The highest BCUT2D eigenvalue weighted by atomic mass is 35.5. The van der Waals surface area contributed by atoms with Crippen LogP contribution in [-0.4, -0.2) is 34.0 Å². The molecule has 0 aliphatic rings. The van der Waals surface area contributed by atoms with E-state index < -0.39 is 8.80 Å². The molecule has 0 heterocycles. The first-order valence-corrected chi connectivity index (χ1v) is 10.1. The van der Waals surface area contributed by atoms with E-state index in [1.807, 2.05) is 26.8 Å². The fourth-order valence-electron chi connectivity index (χ4n) is 2.10. The van der Waals surface area contributed by atoms with E-state index in [1.54, 1.807) is 0 Å². The number of halogens is 1. The van der Waals surface area contributed by atoms with Gasteiger partial charge >= 0.3 is 8.80 Å². The van der Waals surface area contributed by atoms with Crippen LogP contribution in [0.3, 0.4) is 0 Å². The second-order valence-corrected chi connectivity index (χ2v) is 8.43. The lowest BCUT2D eigenvalue weighted by Crippen LogP contribution is -2.46. The van der Waals surface area contributed by atoms with E-state index in [-0.39, 0.29) is 5.38 Å². The van der Waals surface area contributed by atoms with E-state index in [0.29, 0.717) is 19.8 Å². The van der Waals surface area contributed by atoms with Gasteiger partial charge in [0.15, 0.2) is 0 Å². The first-order valence-electron chi connectivity index (χ1n) is 7.71. The Hall–Kier alpha value is -0.393.